The van der Waals surface area contributed by atoms with Crippen LogP contribution in [0, 0.1) is 6.92 Å². The number of para-hydroxylation sites is 1. The Morgan fingerprint density at radius 1 is 1.17 bits per heavy atom. The lowest BCUT2D eigenvalue weighted by molar-refractivity contribution is -0.123. The van der Waals surface area contributed by atoms with Gasteiger partial charge in [-0.05, 0) is 44.2 Å². The Labute approximate surface area is 177 Å². The van der Waals surface area contributed by atoms with Gasteiger partial charge in [-0.15, -0.1) is 0 Å². The monoisotopic (exact) mass is 429 g/mol. The number of hydrogen-bond acceptors (Lipinski definition) is 5. The molecule has 9 heteroatoms. The number of benzene rings is 2. The van der Waals surface area contributed by atoms with E-state index in [1.165, 1.54) is 29.8 Å². The fraction of sp³-hybridized carbons (Fsp3) is 0.190. The number of ether oxygens (including phenoxy) is 1. The maximum Gasteiger partial charge on any atom is 0.342 e. The van der Waals surface area contributed by atoms with E-state index < -0.39 is 23.5 Å². The highest BCUT2D eigenvalue weighted by molar-refractivity contribution is 6.31. The summed E-state index contributed by atoms with van der Waals surface area (Å²) in [7, 11) is 1.70. The van der Waals surface area contributed by atoms with Gasteiger partial charge >= 0.3 is 5.97 Å². The van der Waals surface area contributed by atoms with Gasteiger partial charge < -0.3 is 15.2 Å². The van der Waals surface area contributed by atoms with Gasteiger partial charge in [-0.2, -0.15) is 0 Å². The predicted molar refractivity (Wildman–Crippen MR) is 112 cm³/mol. The number of phenolic OH excluding ortho intramolecular Hbond substituents is 1. The molecule has 0 spiro atoms. The molecule has 3 aromatic rings. The largest absolute Gasteiger partial charge is 0.507 e. The van der Waals surface area contributed by atoms with Crippen LogP contribution >= 0.6 is 11.6 Å². The van der Waals surface area contributed by atoms with Crippen LogP contribution in [0.25, 0.3) is 5.69 Å². The Morgan fingerprint density at radius 3 is 2.50 bits per heavy atom. The second-order valence-corrected chi connectivity index (χ2v) is 7.07. The molecule has 0 radical (unpaired) electrons. The summed E-state index contributed by atoms with van der Waals surface area (Å²) in [5.41, 5.74) is 0.678. The third kappa shape index (κ3) is 4.08. The molecule has 1 atom stereocenters. The zero-order chi connectivity index (χ0) is 22.0. The first kappa shape index (κ1) is 21.2. The van der Waals surface area contributed by atoms with E-state index in [0.29, 0.717) is 11.4 Å². The molecule has 0 bridgehead atoms. The lowest BCUT2D eigenvalue weighted by atomic mass is 10.2. The summed E-state index contributed by atoms with van der Waals surface area (Å²) in [6, 6.07) is 12.9. The van der Waals surface area contributed by atoms with Gasteiger partial charge in [0.25, 0.3) is 11.5 Å². The predicted octanol–water partition coefficient (Wildman–Crippen LogP) is 3.03. The van der Waals surface area contributed by atoms with Crippen molar-refractivity contribution in [1.29, 1.82) is 0 Å². The fourth-order valence-corrected chi connectivity index (χ4v) is 3.06. The van der Waals surface area contributed by atoms with Gasteiger partial charge in [0.05, 0.1) is 11.4 Å². The third-order valence-corrected chi connectivity index (χ3v) is 4.87. The topological polar surface area (TPSA) is 103 Å². The van der Waals surface area contributed by atoms with Gasteiger partial charge in [0.15, 0.2) is 6.10 Å². The van der Waals surface area contributed by atoms with Crippen molar-refractivity contribution < 1.29 is 19.4 Å². The Bertz CT molecular complexity index is 1170. The van der Waals surface area contributed by atoms with E-state index in [2.05, 4.69) is 5.32 Å². The van der Waals surface area contributed by atoms with E-state index in [1.807, 2.05) is 6.07 Å². The van der Waals surface area contributed by atoms with E-state index in [4.69, 9.17) is 16.3 Å². The summed E-state index contributed by atoms with van der Waals surface area (Å²) in [6.07, 6.45) is -1.22. The Balaban J connectivity index is 1.80. The minimum Gasteiger partial charge on any atom is -0.507 e. The lowest BCUT2D eigenvalue weighted by Crippen LogP contribution is -2.32. The number of nitrogens with zero attached hydrogens (tertiary/aromatic N) is 2. The minimum absolute atomic E-state index is 0.0832. The number of rotatable bonds is 5. The van der Waals surface area contributed by atoms with Crippen molar-refractivity contribution in [3.05, 3.63) is 75.2 Å². The van der Waals surface area contributed by atoms with Crippen molar-refractivity contribution in [1.82, 2.24) is 9.36 Å². The molecule has 1 amide bonds. The number of anilines is 1. The summed E-state index contributed by atoms with van der Waals surface area (Å²) >= 11 is 5.83. The molecule has 2 N–H and O–H groups in total. The number of nitrogens with one attached hydrogen (secondary N) is 1. The first-order valence-electron chi connectivity index (χ1n) is 9.05. The van der Waals surface area contributed by atoms with Gasteiger partial charge in [-0.25, -0.2) is 9.48 Å². The normalized spacial score (nSPS) is 11.7. The van der Waals surface area contributed by atoms with Crippen molar-refractivity contribution in [3.63, 3.8) is 0 Å². The highest BCUT2D eigenvalue weighted by atomic mass is 35.5. The Hall–Kier alpha value is -3.52. The quantitative estimate of drug-likeness (QED) is 0.607. The molecule has 0 aliphatic heterocycles. The lowest BCUT2D eigenvalue weighted by Gasteiger charge is -2.13. The van der Waals surface area contributed by atoms with Crippen LogP contribution in [-0.2, 0) is 16.6 Å². The minimum atomic E-state index is -1.22. The molecule has 3 rings (SSSR count). The number of amides is 1. The number of aromatic hydroxyl groups is 1. The summed E-state index contributed by atoms with van der Waals surface area (Å²) in [4.78, 5) is 37.7. The molecule has 0 unspecified atom stereocenters. The highest BCUT2D eigenvalue weighted by Gasteiger charge is 2.24. The van der Waals surface area contributed by atoms with Gasteiger partial charge in [0.2, 0.25) is 0 Å². The first-order chi connectivity index (χ1) is 14.2. The van der Waals surface area contributed by atoms with Gasteiger partial charge in [-0.1, -0.05) is 29.8 Å². The number of carbonyl (C=O) groups excluding carboxylic acids is 2. The molecule has 0 aliphatic carbocycles. The zero-order valence-electron chi connectivity index (χ0n) is 16.5. The zero-order valence-corrected chi connectivity index (χ0v) is 17.3. The van der Waals surface area contributed by atoms with Crippen molar-refractivity contribution >= 4 is 29.2 Å². The number of carbonyl (C=O) groups is 2. The molecule has 0 fully saturated rings. The molecule has 1 aromatic heterocycles. The van der Waals surface area contributed by atoms with Crippen molar-refractivity contribution in [3.8, 4) is 11.4 Å². The molecule has 2 aromatic carbocycles. The fourth-order valence-electron chi connectivity index (χ4n) is 2.89. The van der Waals surface area contributed by atoms with Crippen LogP contribution in [0.15, 0.2) is 53.3 Å². The molecule has 0 saturated carbocycles. The summed E-state index contributed by atoms with van der Waals surface area (Å²) < 4.78 is 8.16. The summed E-state index contributed by atoms with van der Waals surface area (Å²) in [5, 5.41) is 12.6. The number of hydrogen-bond donors (Lipinski definition) is 2. The maximum atomic E-state index is 12.9. The van der Waals surface area contributed by atoms with E-state index in [0.717, 1.165) is 0 Å². The average molecular weight is 430 g/mol. The maximum absolute atomic E-state index is 12.9. The van der Waals surface area contributed by atoms with Gasteiger partial charge in [-0.3, -0.25) is 14.3 Å². The van der Waals surface area contributed by atoms with Crippen LogP contribution in [0.2, 0.25) is 5.02 Å². The molecule has 8 nitrogen and oxygen atoms in total. The summed E-state index contributed by atoms with van der Waals surface area (Å²) in [5.74, 6) is -1.92. The molecule has 156 valence electrons. The van der Waals surface area contributed by atoms with E-state index in [1.54, 1.807) is 42.9 Å². The highest BCUT2D eigenvalue weighted by Crippen LogP contribution is 2.23. The molecular weight excluding hydrogens is 410 g/mol. The van der Waals surface area contributed by atoms with E-state index in [9.17, 15) is 19.5 Å². The second-order valence-electron chi connectivity index (χ2n) is 6.63. The number of halogens is 1. The number of phenols is 1. The third-order valence-electron chi connectivity index (χ3n) is 4.63. The molecule has 0 aliphatic rings. The number of aromatic nitrogens is 2. The Kier molecular flexibility index (Phi) is 5.98. The number of esters is 1. The molecular formula is C21H20ClN3O5. The van der Waals surface area contributed by atoms with Crippen molar-refractivity contribution in [2.75, 3.05) is 5.32 Å². The second kappa shape index (κ2) is 8.46. The Morgan fingerprint density at radius 2 is 1.83 bits per heavy atom. The van der Waals surface area contributed by atoms with E-state index >= 15 is 0 Å². The van der Waals surface area contributed by atoms with Crippen molar-refractivity contribution in [2.45, 2.75) is 20.0 Å². The van der Waals surface area contributed by atoms with E-state index in [-0.39, 0.29) is 22.0 Å². The van der Waals surface area contributed by atoms with Gasteiger partial charge in [0.1, 0.15) is 17.0 Å². The standard InChI is InChI=1S/C21H20ClN3O5/c1-12-18(20(28)25(24(12)3)15-7-5-4-6-8-15)23-19(27)13(2)30-21(29)16-11-14(22)9-10-17(16)26/h4-11,13,26H,1-3H3,(H,23,27)/t13-/m0/s1. The SMILES string of the molecule is Cc1c(NC(=O)[C@H](C)OC(=O)c2cc(Cl)ccc2O)c(=O)n(-c2ccccc2)n1C. The van der Waals surface area contributed by atoms with Gasteiger partial charge in [0, 0.05) is 12.1 Å². The van der Waals surface area contributed by atoms with Crippen LogP contribution in [0.1, 0.15) is 23.0 Å². The average Bonchev–Trinajstić information content (AvgIpc) is 2.93. The van der Waals surface area contributed by atoms with Crippen LogP contribution in [0.5, 0.6) is 5.75 Å². The summed E-state index contributed by atoms with van der Waals surface area (Å²) in [6.45, 7) is 3.06. The smallest absolute Gasteiger partial charge is 0.342 e. The van der Waals surface area contributed by atoms with Crippen LogP contribution in [0.3, 0.4) is 0 Å². The molecule has 30 heavy (non-hydrogen) atoms. The van der Waals surface area contributed by atoms with Crippen LogP contribution in [0.4, 0.5) is 5.69 Å². The van der Waals surface area contributed by atoms with Crippen LogP contribution < -0.4 is 10.9 Å². The van der Waals surface area contributed by atoms with Crippen molar-refractivity contribution in [2.24, 2.45) is 7.05 Å². The van der Waals surface area contributed by atoms with Crippen LogP contribution in [-0.4, -0.2) is 32.5 Å². The molecule has 1 heterocycles. The first-order valence-corrected chi connectivity index (χ1v) is 9.43. The molecule has 0 saturated heterocycles.